The Labute approximate surface area is 139 Å². The van der Waals surface area contributed by atoms with E-state index >= 15 is 0 Å². The number of hydrogen-bond donors (Lipinski definition) is 4. The number of amides is 1. The minimum absolute atomic E-state index is 0.396. The molecule has 0 saturated heterocycles. The first kappa shape index (κ1) is 20.1. The Bertz CT molecular complexity index is 704. The average Bonchev–Trinajstić information content (AvgIpc) is 3.03. The standard InChI is InChI=1S/C12H14N4O2.C2HF3O2/c13-10(8-17)12(18)14-11-6-7-16(15-11)9-4-2-1-3-5-9;3-2(4,5)1(6)7/h1-7,10,17H,8,13H2,(H,14,15,18);(H,6,7). The van der Waals surface area contributed by atoms with Gasteiger partial charge in [0.05, 0.1) is 12.3 Å². The Kier molecular flexibility index (Phi) is 7.08. The van der Waals surface area contributed by atoms with Gasteiger partial charge in [0.1, 0.15) is 6.04 Å². The van der Waals surface area contributed by atoms with Crippen LogP contribution in [-0.4, -0.2) is 50.7 Å². The van der Waals surface area contributed by atoms with Gasteiger partial charge in [-0.2, -0.15) is 18.3 Å². The Morgan fingerprint density at radius 2 is 1.80 bits per heavy atom. The highest BCUT2D eigenvalue weighted by Gasteiger charge is 2.38. The highest BCUT2D eigenvalue weighted by atomic mass is 19.4. The molecule has 1 unspecified atom stereocenters. The fourth-order valence-corrected chi connectivity index (χ4v) is 1.42. The van der Waals surface area contributed by atoms with E-state index in [1.165, 1.54) is 0 Å². The third-order valence-electron chi connectivity index (χ3n) is 2.64. The quantitative estimate of drug-likeness (QED) is 0.637. The number of para-hydroxylation sites is 1. The molecule has 25 heavy (non-hydrogen) atoms. The predicted molar refractivity (Wildman–Crippen MR) is 80.9 cm³/mol. The Morgan fingerprint density at radius 1 is 1.24 bits per heavy atom. The van der Waals surface area contributed by atoms with Crippen LogP contribution in [0.2, 0.25) is 0 Å². The number of hydrogen-bond acceptors (Lipinski definition) is 5. The van der Waals surface area contributed by atoms with Gasteiger partial charge in [0.2, 0.25) is 5.91 Å². The maximum atomic E-state index is 11.4. The molecule has 1 heterocycles. The third kappa shape index (κ3) is 6.61. The number of carbonyl (C=O) groups excluding carboxylic acids is 1. The smallest absolute Gasteiger partial charge is 0.475 e. The van der Waals surface area contributed by atoms with Crippen molar-refractivity contribution in [3.05, 3.63) is 42.6 Å². The summed E-state index contributed by atoms with van der Waals surface area (Å²) in [4.78, 5) is 20.3. The highest BCUT2D eigenvalue weighted by Crippen LogP contribution is 2.13. The lowest BCUT2D eigenvalue weighted by Crippen LogP contribution is -2.38. The molecule has 136 valence electrons. The van der Waals surface area contributed by atoms with Gasteiger partial charge in [-0.05, 0) is 12.1 Å². The van der Waals surface area contributed by atoms with Gasteiger partial charge in [-0.1, -0.05) is 18.2 Å². The van der Waals surface area contributed by atoms with Crippen molar-refractivity contribution in [3.63, 3.8) is 0 Å². The highest BCUT2D eigenvalue weighted by molar-refractivity contribution is 5.93. The molecule has 2 rings (SSSR count). The number of aromatic nitrogens is 2. The van der Waals surface area contributed by atoms with Gasteiger partial charge in [-0.25, -0.2) is 9.48 Å². The summed E-state index contributed by atoms with van der Waals surface area (Å²) in [6.07, 6.45) is -3.35. The molecule has 1 atom stereocenters. The van der Waals surface area contributed by atoms with Crippen molar-refractivity contribution < 1.29 is 33.0 Å². The molecule has 2 aromatic rings. The maximum absolute atomic E-state index is 11.4. The molecule has 0 aliphatic carbocycles. The number of nitrogens with zero attached hydrogens (tertiary/aromatic N) is 2. The third-order valence-corrected chi connectivity index (χ3v) is 2.64. The number of benzene rings is 1. The van der Waals surface area contributed by atoms with Crippen LogP contribution in [0.3, 0.4) is 0 Å². The van der Waals surface area contributed by atoms with Crippen molar-refractivity contribution in [1.82, 2.24) is 9.78 Å². The van der Waals surface area contributed by atoms with E-state index in [1.807, 2.05) is 30.3 Å². The topological polar surface area (TPSA) is 130 Å². The molecule has 1 aromatic heterocycles. The number of carboxylic acids is 1. The summed E-state index contributed by atoms with van der Waals surface area (Å²) in [5.74, 6) is -2.82. The summed E-state index contributed by atoms with van der Waals surface area (Å²) in [7, 11) is 0. The number of aliphatic hydroxyl groups is 1. The number of carbonyl (C=O) groups is 2. The van der Waals surface area contributed by atoms with Crippen molar-refractivity contribution in [3.8, 4) is 5.69 Å². The first-order valence-corrected chi connectivity index (χ1v) is 6.73. The second-order valence-electron chi connectivity index (χ2n) is 4.56. The van der Waals surface area contributed by atoms with Gasteiger partial charge >= 0.3 is 12.1 Å². The number of rotatable bonds is 4. The summed E-state index contributed by atoms with van der Waals surface area (Å²) in [5, 5.41) is 22.6. The number of carboxylic acid groups (broad SMARTS) is 1. The molecule has 5 N–H and O–H groups in total. The number of nitrogens with two attached hydrogens (primary N) is 1. The fraction of sp³-hybridized carbons (Fsp3) is 0.214. The molecule has 1 amide bonds. The number of alkyl halides is 3. The van der Waals surface area contributed by atoms with Gasteiger partial charge in [0, 0.05) is 12.3 Å². The van der Waals surface area contributed by atoms with E-state index in [0.717, 1.165) is 5.69 Å². The van der Waals surface area contributed by atoms with E-state index in [1.54, 1.807) is 16.9 Å². The van der Waals surface area contributed by atoms with Crippen molar-refractivity contribution >= 4 is 17.7 Å². The Hall–Kier alpha value is -2.92. The number of halogens is 3. The van der Waals surface area contributed by atoms with Crippen LogP contribution in [-0.2, 0) is 9.59 Å². The lowest BCUT2D eigenvalue weighted by Gasteiger charge is -2.06. The van der Waals surface area contributed by atoms with E-state index in [4.69, 9.17) is 20.7 Å². The van der Waals surface area contributed by atoms with E-state index in [0.29, 0.717) is 5.82 Å². The Morgan fingerprint density at radius 3 is 2.28 bits per heavy atom. The predicted octanol–water partition coefficient (Wildman–Crippen LogP) is 0.764. The largest absolute Gasteiger partial charge is 0.490 e. The second kappa shape index (κ2) is 8.80. The van der Waals surface area contributed by atoms with Crippen molar-refractivity contribution in [2.75, 3.05) is 11.9 Å². The van der Waals surface area contributed by atoms with Crippen molar-refractivity contribution in [1.29, 1.82) is 0 Å². The van der Waals surface area contributed by atoms with Crippen LogP contribution in [0.1, 0.15) is 0 Å². The fourth-order valence-electron chi connectivity index (χ4n) is 1.42. The molecule has 0 fully saturated rings. The van der Waals surface area contributed by atoms with Gasteiger partial charge in [-0.15, -0.1) is 0 Å². The molecule has 0 radical (unpaired) electrons. The van der Waals surface area contributed by atoms with Crippen LogP contribution in [0, 0.1) is 0 Å². The van der Waals surface area contributed by atoms with Crippen LogP contribution < -0.4 is 11.1 Å². The molecule has 0 saturated carbocycles. The minimum Gasteiger partial charge on any atom is -0.475 e. The molecule has 0 aliphatic rings. The minimum atomic E-state index is -5.08. The van der Waals surface area contributed by atoms with Crippen molar-refractivity contribution in [2.24, 2.45) is 5.73 Å². The Balaban J connectivity index is 0.000000381. The van der Waals surface area contributed by atoms with Crippen LogP contribution in [0.15, 0.2) is 42.6 Å². The normalized spacial score (nSPS) is 11.9. The van der Waals surface area contributed by atoms with E-state index in [2.05, 4.69) is 10.4 Å². The van der Waals surface area contributed by atoms with Crippen LogP contribution in [0.25, 0.3) is 5.69 Å². The zero-order chi connectivity index (χ0) is 19.0. The second-order valence-corrected chi connectivity index (χ2v) is 4.56. The van der Waals surface area contributed by atoms with Gasteiger partial charge in [-0.3, -0.25) is 4.79 Å². The molecule has 0 bridgehead atoms. The molecule has 11 heteroatoms. The van der Waals surface area contributed by atoms with Gasteiger partial charge < -0.3 is 21.3 Å². The molecule has 1 aromatic carbocycles. The summed E-state index contributed by atoms with van der Waals surface area (Å²) >= 11 is 0. The molecule has 0 spiro atoms. The number of aliphatic hydroxyl groups excluding tert-OH is 1. The van der Waals surface area contributed by atoms with Crippen LogP contribution in [0.4, 0.5) is 19.0 Å². The molecular formula is C14H15F3N4O4. The van der Waals surface area contributed by atoms with Crippen LogP contribution in [0.5, 0.6) is 0 Å². The van der Waals surface area contributed by atoms with Crippen molar-refractivity contribution in [2.45, 2.75) is 12.2 Å². The SMILES string of the molecule is NC(CO)C(=O)Nc1ccn(-c2ccccc2)n1.O=C(O)C(F)(F)F. The number of nitrogens with one attached hydrogen (secondary N) is 1. The summed E-state index contributed by atoms with van der Waals surface area (Å²) in [6.45, 7) is -0.398. The molecule has 8 nitrogen and oxygen atoms in total. The first-order valence-electron chi connectivity index (χ1n) is 6.73. The monoisotopic (exact) mass is 360 g/mol. The molecule has 0 aliphatic heterocycles. The van der Waals surface area contributed by atoms with Gasteiger partial charge in [0.15, 0.2) is 5.82 Å². The lowest BCUT2D eigenvalue weighted by molar-refractivity contribution is -0.192. The van der Waals surface area contributed by atoms with Crippen LogP contribution >= 0.6 is 0 Å². The maximum Gasteiger partial charge on any atom is 0.490 e. The summed E-state index contributed by atoms with van der Waals surface area (Å²) in [5.41, 5.74) is 6.28. The van der Waals surface area contributed by atoms with E-state index in [9.17, 15) is 18.0 Å². The first-order chi connectivity index (χ1) is 11.6. The zero-order valence-electron chi connectivity index (χ0n) is 12.6. The lowest BCUT2D eigenvalue weighted by atomic mass is 10.3. The van der Waals surface area contributed by atoms with Gasteiger partial charge in [0.25, 0.3) is 0 Å². The number of aliphatic carboxylic acids is 1. The molecular weight excluding hydrogens is 345 g/mol. The van der Waals surface area contributed by atoms with E-state index < -0.39 is 30.7 Å². The number of anilines is 1. The van der Waals surface area contributed by atoms with E-state index in [-0.39, 0.29) is 0 Å². The summed E-state index contributed by atoms with van der Waals surface area (Å²) < 4.78 is 33.4. The summed E-state index contributed by atoms with van der Waals surface area (Å²) in [6, 6.07) is 10.2. The average molecular weight is 360 g/mol. The zero-order valence-corrected chi connectivity index (χ0v) is 12.6.